The van der Waals surface area contributed by atoms with Crippen LogP contribution < -0.4 is 0 Å². The van der Waals surface area contributed by atoms with E-state index in [2.05, 4.69) is 40.4 Å². The lowest BCUT2D eigenvalue weighted by molar-refractivity contribution is 0.416. The number of aliphatic imine (C=N–C) groups is 1. The zero-order valence-corrected chi connectivity index (χ0v) is 7.35. The summed E-state index contributed by atoms with van der Waals surface area (Å²) >= 11 is 0. The third kappa shape index (κ3) is 2.18. The predicted octanol–water partition coefficient (Wildman–Crippen LogP) is 1.85. The van der Waals surface area contributed by atoms with Gasteiger partial charge in [0.25, 0.3) is 0 Å². The highest BCUT2D eigenvalue weighted by Crippen LogP contribution is 2.05. The third-order valence-corrected chi connectivity index (χ3v) is 1.95. The standard InChI is InChI=1S/C11H11N2/c1-2-4-11(5-3-1)10-13-8-6-12-7-9-13/h1-6,9H,8,10H2. The molecule has 0 spiro atoms. The average molecular weight is 171 g/mol. The minimum absolute atomic E-state index is 0.877. The van der Waals surface area contributed by atoms with Crippen LogP contribution in [0.25, 0.3) is 0 Å². The molecule has 0 aromatic heterocycles. The monoisotopic (exact) mass is 171 g/mol. The third-order valence-electron chi connectivity index (χ3n) is 1.95. The summed E-state index contributed by atoms with van der Waals surface area (Å²) in [5.74, 6) is 0. The van der Waals surface area contributed by atoms with Gasteiger partial charge in [0.1, 0.15) is 6.20 Å². The van der Waals surface area contributed by atoms with Gasteiger partial charge in [-0.3, -0.25) is 4.99 Å². The molecule has 13 heavy (non-hydrogen) atoms. The van der Waals surface area contributed by atoms with E-state index in [1.807, 2.05) is 18.5 Å². The van der Waals surface area contributed by atoms with Gasteiger partial charge in [-0.1, -0.05) is 30.3 Å². The molecule has 0 fully saturated rings. The van der Waals surface area contributed by atoms with Crippen LogP contribution in [0.1, 0.15) is 5.56 Å². The first-order valence-electron chi connectivity index (χ1n) is 4.33. The Labute approximate surface area is 78.2 Å². The van der Waals surface area contributed by atoms with Crippen LogP contribution in [0.15, 0.2) is 41.5 Å². The molecule has 1 radical (unpaired) electrons. The van der Waals surface area contributed by atoms with Crippen LogP contribution in [-0.4, -0.2) is 17.7 Å². The fraction of sp³-hybridized carbons (Fsp3) is 0.182. The van der Waals surface area contributed by atoms with Crippen molar-refractivity contribution in [2.75, 3.05) is 6.54 Å². The highest BCUT2D eigenvalue weighted by atomic mass is 15.1. The largest absolute Gasteiger partial charge is 0.366 e. The molecular weight excluding hydrogens is 160 g/mol. The Morgan fingerprint density at radius 1 is 1.31 bits per heavy atom. The molecule has 1 aliphatic heterocycles. The van der Waals surface area contributed by atoms with Crippen molar-refractivity contribution in [2.45, 2.75) is 6.54 Å². The van der Waals surface area contributed by atoms with Gasteiger partial charge in [-0.05, 0) is 5.56 Å². The Hall–Kier alpha value is -1.57. The zero-order chi connectivity index (χ0) is 8.93. The Bertz CT molecular complexity index is 314. The summed E-state index contributed by atoms with van der Waals surface area (Å²) in [6, 6.07) is 10.4. The SMILES string of the molecule is [C]1=CN(Cc2ccccc2)CC=N1. The summed E-state index contributed by atoms with van der Waals surface area (Å²) in [6.45, 7) is 1.81. The van der Waals surface area contributed by atoms with E-state index in [0.29, 0.717) is 0 Å². The van der Waals surface area contributed by atoms with Crippen molar-refractivity contribution in [1.82, 2.24) is 4.90 Å². The second kappa shape index (κ2) is 3.90. The maximum absolute atomic E-state index is 3.90. The summed E-state index contributed by atoms with van der Waals surface area (Å²) in [7, 11) is 0. The molecule has 0 amide bonds. The van der Waals surface area contributed by atoms with Crippen LogP contribution in [0, 0.1) is 6.20 Å². The van der Waals surface area contributed by atoms with Gasteiger partial charge in [0.2, 0.25) is 0 Å². The van der Waals surface area contributed by atoms with Crippen molar-refractivity contribution < 1.29 is 0 Å². The summed E-state index contributed by atoms with van der Waals surface area (Å²) in [5, 5.41) is 0. The molecule has 65 valence electrons. The number of nitrogens with zero attached hydrogens (tertiary/aromatic N) is 2. The predicted molar refractivity (Wildman–Crippen MR) is 53.2 cm³/mol. The first-order chi connectivity index (χ1) is 6.45. The van der Waals surface area contributed by atoms with Gasteiger partial charge < -0.3 is 4.90 Å². The van der Waals surface area contributed by atoms with Crippen molar-refractivity contribution in [3.05, 3.63) is 48.3 Å². The second-order valence-electron chi connectivity index (χ2n) is 2.98. The number of hydrogen-bond acceptors (Lipinski definition) is 2. The molecule has 0 saturated carbocycles. The van der Waals surface area contributed by atoms with Crippen molar-refractivity contribution in [3.63, 3.8) is 0 Å². The topological polar surface area (TPSA) is 15.6 Å². The van der Waals surface area contributed by atoms with E-state index in [1.165, 1.54) is 5.56 Å². The van der Waals surface area contributed by atoms with Crippen LogP contribution in [0.5, 0.6) is 0 Å². The molecule has 2 nitrogen and oxygen atoms in total. The molecule has 0 unspecified atom stereocenters. The van der Waals surface area contributed by atoms with Crippen LogP contribution in [0.2, 0.25) is 0 Å². The minimum atomic E-state index is 0.877. The van der Waals surface area contributed by atoms with Gasteiger partial charge in [-0.2, -0.15) is 0 Å². The summed E-state index contributed by atoms with van der Waals surface area (Å²) in [5.41, 5.74) is 1.32. The van der Waals surface area contributed by atoms with E-state index < -0.39 is 0 Å². The number of rotatable bonds is 2. The maximum atomic E-state index is 3.90. The smallest absolute Gasteiger partial charge is 0.106 e. The summed E-state index contributed by atoms with van der Waals surface area (Å²) in [4.78, 5) is 6.07. The molecule has 1 aliphatic rings. The molecule has 1 aromatic rings. The van der Waals surface area contributed by atoms with Crippen LogP contribution in [0.4, 0.5) is 0 Å². The maximum Gasteiger partial charge on any atom is 0.106 e. The fourth-order valence-electron chi connectivity index (χ4n) is 1.29. The van der Waals surface area contributed by atoms with Crippen LogP contribution >= 0.6 is 0 Å². The van der Waals surface area contributed by atoms with Gasteiger partial charge in [-0.25, -0.2) is 0 Å². The lowest BCUT2D eigenvalue weighted by atomic mass is 10.2. The molecular formula is C11H11N2. The molecule has 0 bridgehead atoms. The molecule has 1 aromatic carbocycles. The number of benzene rings is 1. The first-order valence-corrected chi connectivity index (χ1v) is 4.33. The van der Waals surface area contributed by atoms with Gasteiger partial charge >= 0.3 is 0 Å². The highest BCUT2D eigenvalue weighted by Gasteiger charge is 2.00. The average Bonchev–Trinajstić information content (AvgIpc) is 2.21. The summed E-state index contributed by atoms with van der Waals surface area (Å²) < 4.78 is 0. The molecule has 2 rings (SSSR count). The van der Waals surface area contributed by atoms with E-state index in [4.69, 9.17) is 0 Å². The van der Waals surface area contributed by atoms with Crippen LogP contribution in [0.3, 0.4) is 0 Å². The molecule has 0 aliphatic carbocycles. The normalized spacial score (nSPS) is 14.9. The van der Waals surface area contributed by atoms with Crippen molar-refractivity contribution in [2.24, 2.45) is 4.99 Å². The van der Waals surface area contributed by atoms with E-state index in [-0.39, 0.29) is 0 Å². The quantitative estimate of drug-likeness (QED) is 0.663. The van der Waals surface area contributed by atoms with Gasteiger partial charge in [0.15, 0.2) is 0 Å². The minimum Gasteiger partial charge on any atom is -0.366 e. The molecule has 1 heterocycles. The lowest BCUT2D eigenvalue weighted by Gasteiger charge is -2.19. The summed E-state index contributed by atoms with van der Waals surface area (Å²) in [6.07, 6.45) is 6.59. The fourth-order valence-corrected chi connectivity index (χ4v) is 1.29. The molecule has 2 heteroatoms. The van der Waals surface area contributed by atoms with Crippen molar-refractivity contribution >= 4 is 6.21 Å². The van der Waals surface area contributed by atoms with Crippen molar-refractivity contribution in [3.8, 4) is 0 Å². The first kappa shape index (κ1) is 8.05. The van der Waals surface area contributed by atoms with Gasteiger partial charge in [-0.15, -0.1) is 0 Å². The van der Waals surface area contributed by atoms with E-state index in [9.17, 15) is 0 Å². The zero-order valence-electron chi connectivity index (χ0n) is 7.35. The Balaban J connectivity index is 1.99. The molecule has 0 atom stereocenters. The number of hydrogen-bond donors (Lipinski definition) is 0. The van der Waals surface area contributed by atoms with E-state index in [0.717, 1.165) is 13.1 Å². The van der Waals surface area contributed by atoms with Gasteiger partial charge in [0, 0.05) is 19.0 Å². The Kier molecular flexibility index (Phi) is 2.41. The van der Waals surface area contributed by atoms with E-state index >= 15 is 0 Å². The second-order valence-corrected chi connectivity index (χ2v) is 2.98. The van der Waals surface area contributed by atoms with Crippen LogP contribution in [-0.2, 0) is 6.54 Å². The van der Waals surface area contributed by atoms with Crippen molar-refractivity contribution in [1.29, 1.82) is 0 Å². The van der Waals surface area contributed by atoms with Gasteiger partial charge in [0.05, 0.1) is 6.54 Å². The molecule has 0 N–H and O–H groups in total. The molecule has 0 saturated heterocycles. The Morgan fingerprint density at radius 3 is 2.85 bits per heavy atom. The highest BCUT2D eigenvalue weighted by molar-refractivity contribution is 5.61. The van der Waals surface area contributed by atoms with E-state index in [1.54, 1.807) is 0 Å². The Morgan fingerprint density at radius 2 is 2.15 bits per heavy atom. The lowest BCUT2D eigenvalue weighted by Crippen LogP contribution is -2.20.